The Kier molecular flexibility index (Phi) is 6.29. The second-order valence-electron chi connectivity index (χ2n) is 7.14. The van der Waals surface area contributed by atoms with E-state index in [1.54, 1.807) is 12.1 Å². The number of methoxy groups -OCH3 is 1. The maximum atomic E-state index is 13.0. The van der Waals surface area contributed by atoms with Crippen LogP contribution in [0.25, 0.3) is 0 Å². The SMILES string of the molecule is CCCOc1cc(C)ccc1NC(=O)N(Cc1ccc(O)c(OC)c1)C1CC1. The number of carbonyl (C=O) groups is 1. The van der Waals surface area contributed by atoms with Crippen LogP contribution in [0.1, 0.15) is 37.3 Å². The number of anilines is 1. The van der Waals surface area contributed by atoms with E-state index in [1.165, 1.54) is 7.11 Å². The molecule has 0 radical (unpaired) electrons. The van der Waals surface area contributed by atoms with Gasteiger partial charge in [0.15, 0.2) is 11.5 Å². The molecule has 2 aromatic rings. The predicted molar refractivity (Wildman–Crippen MR) is 109 cm³/mol. The molecular weight excluding hydrogens is 356 g/mol. The molecule has 0 spiro atoms. The molecule has 0 atom stereocenters. The van der Waals surface area contributed by atoms with Gasteiger partial charge in [-0.3, -0.25) is 0 Å². The van der Waals surface area contributed by atoms with Gasteiger partial charge in [0.05, 0.1) is 19.4 Å². The Morgan fingerprint density at radius 2 is 2.00 bits per heavy atom. The van der Waals surface area contributed by atoms with Crippen LogP contribution in [0.3, 0.4) is 0 Å². The third-order valence-electron chi connectivity index (χ3n) is 4.69. The van der Waals surface area contributed by atoms with E-state index in [1.807, 2.05) is 36.1 Å². The van der Waals surface area contributed by atoms with Gasteiger partial charge in [0.1, 0.15) is 5.75 Å². The zero-order valence-electron chi connectivity index (χ0n) is 16.7. The molecule has 0 saturated heterocycles. The minimum Gasteiger partial charge on any atom is -0.504 e. The Morgan fingerprint density at radius 1 is 1.21 bits per heavy atom. The zero-order chi connectivity index (χ0) is 20.1. The van der Waals surface area contributed by atoms with Gasteiger partial charge in [-0.2, -0.15) is 0 Å². The van der Waals surface area contributed by atoms with Gasteiger partial charge in [-0.05, 0) is 61.6 Å². The zero-order valence-corrected chi connectivity index (χ0v) is 16.7. The third kappa shape index (κ3) is 4.88. The highest BCUT2D eigenvalue weighted by Gasteiger charge is 2.33. The van der Waals surface area contributed by atoms with Gasteiger partial charge in [-0.25, -0.2) is 4.79 Å². The molecular formula is C22H28N2O4. The normalized spacial score (nSPS) is 13.1. The Balaban J connectivity index is 1.76. The van der Waals surface area contributed by atoms with Crippen molar-refractivity contribution in [3.63, 3.8) is 0 Å². The lowest BCUT2D eigenvalue weighted by molar-refractivity contribution is 0.206. The average Bonchev–Trinajstić information content (AvgIpc) is 3.52. The molecule has 1 fully saturated rings. The molecule has 6 nitrogen and oxygen atoms in total. The van der Waals surface area contributed by atoms with Crippen LogP contribution >= 0.6 is 0 Å². The number of carbonyl (C=O) groups excluding carboxylic acids is 1. The van der Waals surface area contributed by atoms with E-state index in [-0.39, 0.29) is 17.8 Å². The van der Waals surface area contributed by atoms with Crippen LogP contribution in [0.4, 0.5) is 10.5 Å². The molecule has 0 bridgehead atoms. The van der Waals surface area contributed by atoms with E-state index in [0.717, 1.165) is 30.4 Å². The summed E-state index contributed by atoms with van der Waals surface area (Å²) in [5.41, 5.74) is 2.67. The fourth-order valence-corrected chi connectivity index (χ4v) is 3.02. The summed E-state index contributed by atoms with van der Waals surface area (Å²) in [6, 6.07) is 11.0. The van der Waals surface area contributed by atoms with Crippen LogP contribution in [0.2, 0.25) is 0 Å². The molecule has 0 unspecified atom stereocenters. The second-order valence-corrected chi connectivity index (χ2v) is 7.14. The van der Waals surface area contributed by atoms with Crippen molar-refractivity contribution in [3.8, 4) is 17.2 Å². The fraction of sp³-hybridized carbons (Fsp3) is 0.409. The predicted octanol–water partition coefficient (Wildman–Crippen LogP) is 4.69. The highest BCUT2D eigenvalue weighted by atomic mass is 16.5. The number of urea groups is 1. The maximum Gasteiger partial charge on any atom is 0.322 e. The molecule has 0 aromatic heterocycles. The first-order chi connectivity index (χ1) is 13.5. The molecule has 0 aliphatic heterocycles. The molecule has 1 saturated carbocycles. The number of aryl methyl sites for hydroxylation is 1. The number of nitrogens with zero attached hydrogens (tertiary/aromatic N) is 1. The van der Waals surface area contributed by atoms with Gasteiger partial charge in [0, 0.05) is 12.6 Å². The number of phenols is 1. The Bertz CT molecular complexity index is 833. The molecule has 1 aliphatic carbocycles. The van der Waals surface area contributed by atoms with Crippen molar-refractivity contribution in [2.24, 2.45) is 0 Å². The van der Waals surface area contributed by atoms with E-state index in [2.05, 4.69) is 12.2 Å². The maximum absolute atomic E-state index is 13.0. The molecule has 0 heterocycles. The Hall–Kier alpha value is -2.89. The van der Waals surface area contributed by atoms with Gasteiger partial charge in [0.25, 0.3) is 0 Å². The number of rotatable bonds is 8. The van der Waals surface area contributed by atoms with Crippen LogP contribution in [-0.4, -0.2) is 35.8 Å². The summed E-state index contributed by atoms with van der Waals surface area (Å²) in [6.45, 7) is 5.10. The lowest BCUT2D eigenvalue weighted by atomic mass is 10.2. The van der Waals surface area contributed by atoms with E-state index < -0.39 is 0 Å². The summed E-state index contributed by atoms with van der Waals surface area (Å²) in [5, 5.41) is 12.8. The topological polar surface area (TPSA) is 71.0 Å². The van der Waals surface area contributed by atoms with E-state index in [4.69, 9.17) is 9.47 Å². The first kappa shape index (κ1) is 19.9. The molecule has 2 aromatic carbocycles. The number of aromatic hydroxyl groups is 1. The van der Waals surface area contributed by atoms with Crippen LogP contribution in [-0.2, 0) is 6.54 Å². The van der Waals surface area contributed by atoms with Crippen LogP contribution in [0, 0.1) is 6.92 Å². The second kappa shape index (κ2) is 8.87. The standard InChI is InChI=1S/C22H28N2O4/c1-4-11-28-20-12-15(2)5-9-18(20)23-22(26)24(17-7-8-17)14-16-6-10-19(25)21(13-16)27-3/h5-6,9-10,12-13,17,25H,4,7-8,11,14H2,1-3H3,(H,23,26). The number of phenolic OH excluding ortho intramolecular Hbond substituents is 1. The summed E-state index contributed by atoms with van der Waals surface area (Å²) in [4.78, 5) is 14.8. The highest BCUT2D eigenvalue weighted by molar-refractivity contribution is 5.91. The fourth-order valence-electron chi connectivity index (χ4n) is 3.02. The van der Waals surface area contributed by atoms with Gasteiger partial charge in [-0.15, -0.1) is 0 Å². The average molecular weight is 384 g/mol. The highest BCUT2D eigenvalue weighted by Crippen LogP contribution is 2.33. The monoisotopic (exact) mass is 384 g/mol. The van der Waals surface area contributed by atoms with Crippen molar-refractivity contribution < 1.29 is 19.4 Å². The summed E-state index contributed by atoms with van der Waals surface area (Å²) >= 11 is 0. The number of hydrogen-bond acceptors (Lipinski definition) is 4. The number of benzene rings is 2. The number of nitrogens with one attached hydrogen (secondary N) is 1. The van der Waals surface area contributed by atoms with Crippen molar-refractivity contribution in [1.82, 2.24) is 4.90 Å². The van der Waals surface area contributed by atoms with Crippen molar-refractivity contribution in [2.45, 2.75) is 45.7 Å². The Morgan fingerprint density at radius 3 is 2.68 bits per heavy atom. The smallest absolute Gasteiger partial charge is 0.322 e. The van der Waals surface area contributed by atoms with Crippen molar-refractivity contribution in [1.29, 1.82) is 0 Å². The minimum absolute atomic E-state index is 0.0889. The van der Waals surface area contributed by atoms with Crippen molar-refractivity contribution >= 4 is 11.7 Å². The third-order valence-corrected chi connectivity index (χ3v) is 4.69. The first-order valence-electron chi connectivity index (χ1n) is 9.68. The van der Waals surface area contributed by atoms with Crippen molar-refractivity contribution in [3.05, 3.63) is 47.5 Å². The van der Waals surface area contributed by atoms with Crippen molar-refractivity contribution in [2.75, 3.05) is 19.0 Å². The Labute approximate surface area is 166 Å². The largest absolute Gasteiger partial charge is 0.504 e. The molecule has 1 aliphatic rings. The van der Waals surface area contributed by atoms with E-state index >= 15 is 0 Å². The number of hydrogen-bond donors (Lipinski definition) is 2. The lowest BCUT2D eigenvalue weighted by Crippen LogP contribution is -2.36. The summed E-state index contributed by atoms with van der Waals surface area (Å²) in [6.07, 6.45) is 2.89. The van der Waals surface area contributed by atoms with Gasteiger partial charge >= 0.3 is 6.03 Å². The molecule has 3 rings (SSSR count). The van der Waals surface area contributed by atoms with Gasteiger partial charge in [-0.1, -0.05) is 19.1 Å². The molecule has 6 heteroatoms. The first-order valence-corrected chi connectivity index (χ1v) is 9.68. The quantitative estimate of drug-likeness (QED) is 0.692. The summed E-state index contributed by atoms with van der Waals surface area (Å²) < 4.78 is 11.0. The molecule has 28 heavy (non-hydrogen) atoms. The summed E-state index contributed by atoms with van der Waals surface area (Å²) in [5.74, 6) is 1.19. The van der Waals surface area contributed by atoms with Gasteiger partial charge in [0.2, 0.25) is 0 Å². The van der Waals surface area contributed by atoms with Crippen LogP contribution in [0.15, 0.2) is 36.4 Å². The van der Waals surface area contributed by atoms with E-state index in [9.17, 15) is 9.90 Å². The number of ether oxygens (including phenoxy) is 2. The summed E-state index contributed by atoms with van der Waals surface area (Å²) in [7, 11) is 1.51. The van der Waals surface area contributed by atoms with Gasteiger partial charge < -0.3 is 24.8 Å². The number of amides is 2. The minimum atomic E-state index is -0.153. The van der Waals surface area contributed by atoms with E-state index in [0.29, 0.717) is 30.3 Å². The lowest BCUT2D eigenvalue weighted by Gasteiger charge is -2.24. The molecule has 2 amide bonds. The molecule has 150 valence electrons. The van der Waals surface area contributed by atoms with Crippen LogP contribution < -0.4 is 14.8 Å². The van der Waals surface area contributed by atoms with Crippen LogP contribution in [0.5, 0.6) is 17.2 Å². The molecule has 2 N–H and O–H groups in total.